The number of nitrogens with zero attached hydrogens (tertiary/aromatic N) is 1. The van der Waals surface area contributed by atoms with Crippen molar-refractivity contribution in [2.75, 3.05) is 33.9 Å². The van der Waals surface area contributed by atoms with Gasteiger partial charge in [0.1, 0.15) is 0 Å². The minimum atomic E-state index is -0.0997. The van der Waals surface area contributed by atoms with Crippen molar-refractivity contribution in [3.05, 3.63) is 0 Å². The van der Waals surface area contributed by atoms with Crippen molar-refractivity contribution in [1.29, 1.82) is 0 Å². The lowest BCUT2D eigenvalue weighted by molar-refractivity contribution is -0.135. The first-order chi connectivity index (χ1) is 10.6. The van der Waals surface area contributed by atoms with Crippen molar-refractivity contribution < 1.29 is 14.3 Å². The average molecular weight is 311 g/mol. The molecule has 126 valence electrons. The van der Waals surface area contributed by atoms with Crippen molar-refractivity contribution >= 4 is 11.8 Å². The Bertz CT molecular complexity index is 377. The highest BCUT2D eigenvalue weighted by Crippen LogP contribution is 2.32. The molecule has 0 radical (unpaired) electrons. The molecule has 0 spiro atoms. The molecule has 0 aromatic heterocycles. The summed E-state index contributed by atoms with van der Waals surface area (Å²) in [4.78, 5) is 25.6. The van der Waals surface area contributed by atoms with Gasteiger partial charge < -0.3 is 20.3 Å². The van der Waals surface area contributed by atoms with Crippen molar-refractivity contribution in [2.45, 2.75) is 50.6 Å². The minimum absolute atomic E-state index is 0.0818. The van der Waals surface area contributed by atoms with E-state index in [4.69, 9.17) is 4.74 Å². The van der Waals surface area contributed by atoms with Crippen molar-refractivity contribution in [1.82, 2.24) is 15.5 Å². The van der Waals surface area contributed by atoms with Crippen molar-refractivity contribution in [3.8, 4) is 0 Å². The zero-order chi connectivity index (χ0) is 15.9. The molecular weight excluding hydrogens is 282 g/mol. The predicted molar refractivity (Wildman–Crippen MR) is 84.4 cm³/mol. The van der Waals surface area contributed by atoms with Crippen LogP contribution in [0.4, 0.5) is 0 Å². The average Bonchev–Trinajstić information content (AvgIpc) is 2.82. The topological polar surface area (TPSA) is 70.7 Å². The fourth-order valence-electron chi connectivity index (χ4n) is 3.55. The van der Waals surface area contributed by atoms with E-state index in [1.807, 2.05) is 0 Å². The maximum atomic E-state index is 12.3. The summed E-state index contributed by atoms with van der Waals surface area (Å²) in [5.74, 6) is 0.453. The molecule has 6 heteroatoms. The van der Waals surface area contributed by atoms with E-state index in [1.165, 1.54) is 12.8 Å². The van der Waals surface area contributed by atoms with E-state index in [2.05, 4.69) is 10.6 Å². The van der Waals surface area contributed by atoms with Gasteiger partial charge in [0.05, 0.1) is 6.54 Å². The quantitative estimate of drug-likeness (QED) is 0.641. The van der Waals surface area contributed by atoms with Crippen LogP contribution in [0.15, 0.2) is 0 Å². The molecule has 0 aliphatic carbocycles. The number of amides is 2. The Kier molecular flexibility index (Phi) is 6.64. The molecule has 2 saturated heterocycles. The lowest BCUT2D eigenvalue weighted by atomic mass is 9.89. The summed E-state index contributed by atoms with van der Waals surface area (Å²) in [6, 6.07) is 1.21. The third kappa shape index (κ3) is 5.25. The number of nitrogens with one attached hydrogen (secondary N) is 2. The van der Waals surface area contributed by atoms with Crippen LogP contribution >= 0.6 is 0 Å². The standard InChI is InChI=1S/C16H29N3O3/c1-19(11-15(20)17-6-3-7-22-2)16(21)10-12-8-13-4-5-14(9-12)18-13/h12-14,18H,3-11H2,1-2H3,(H,17,20). The van der Waals surface area contributed by atoms with Crippen LogP contribution in [0.3, 0.4) is 0 Å². The molecule has 2 rings (SSSR count). The summed E-state index contributed by atoms with van der Waals surface area (Å²) >= 11 is 0. The first-order valence-corrected chi connectivity index (χ1v) is 8.34. The molecule has 2 amide bonds. The van der Waals surface area contributed by atoms with Gasteiger partial charge in [-0.25, -0.2) is 0 Å². The largest absolute Gasteiger partial charge is 0.385 e. The number of ether oxygens (including phenoxy) is 1. The van der Waals surface area contributed by atoms with Gasteiger partial charge in [0, 0.05) is 45.8 Å². The maximum Gasteiger partial charge on any atom is 0.239 e. The number of likely N-dealkylation sites (N-methyl/N-ethyl adjacent to an activating group) is 1. The Morgan fingerprint density at radius 3 is 2.59 bits per heavy atom. The number of rotatable bonds is 8. The molecule has 2 fully saturated rings. The molecule has 0 aromatic carbocycles. The molecule has 0 aromatic rings. The number of hydrogen-bond donors (Lipinski definition) is 2. The predicted octanol–water partition coefficient (Wildman–Crippen LogP) is 0.518. The Balaban J connectivity index is 1.65. The van der Waals surface area contributed by atoms with E-state index < -0.39 is 0 Å². The van der Waals surface area contributed by atoms with Crippen LogP contribution < -0.4 is 10.6 Å². The molecule has 2 atom stereocenters. The number of carbonyl (C=O) groups excluding carboxylic acids is 2. The summed E-state index contributed by atoms with van der Waals surface area (Å²) in [7, 11) is 3.36. The Morgan fingerprint density at radius 2 is 1.95 bits per heavy atom. The van der Waals surface area contributed by atoms with Gasteiger partial charge in [0.2, 0.25) is 11.8 Å². The molecule has 0 saturated carbocycles. The second-order valence-electron chi connectivity index (χ2n) is 6.63. The van der Waals surface area contributed by atoms with Crippen LogP contribution in [-0.2, 0) is 14.3 Å². The van der Waals surface area contributed by atoms with E-state index in [0.29, 0.717) is 37.6 Å². The lowest BCUT2D eigenvalue weighted by Crippen LogP contribution is -2.42. The van der Waals surface area contributed by atoms with Crippen LogP contribution in [0.2, 0.25) is 0 Å². The van der Waals surface area contributed by atoms with Crippen LogP contribution in [0.5, 0.6) is 0 Å². The third-order valence-corrected chi connectivity index (χ3v) is 4.69. The molecule has 22 heavy (non-hydrogen) atoms. The Labute approximate surface area is 132 Å². The Hall–Kier alpha value is -1.14. The van der Waals surface area contributed by atoms with Crippen LogP contribution in [0.25, 0.3) is 0 Å². The first-order valence-electron chi connectivity index (χ1n) is 8.34. The maximum absolute atomic E-state index is 12.3. The van der Waals surface area contributed by atoms with Gasteiger partial charge in [-0.3, -0.25) is 9.59 Å². The molecule has 2 N–H and O–H groups in total. The van der Waals surface area contributed by atoms with Gasteiger partial charge in [-0.2, -0.15) is 0 Å². The van der Waals surface area contributed by atoms with Crippen LogP contribution in [0, 0.1) is 5.92 Å². The second-order valence-corrected chi connectivity index (χ2v) is 6.63. The number of fused-ring (bicyclic) bond motifs is 2. The second kappa shape index (κ2) is 8.48. The number of piperidine rings is 1. The van der Waals surface area contributed by atoms with E-state index in [9.17, 15) is 9.59 Å². The minimum Gasteiger partial charge on any atom is -0.385 e. The molecule has 2 heterocycles. The Morgan fingerprint density at radius 1 is 1.27 bits per heavy atom. The van der Waals surface area contributed by atoms with Crippen molar-refractivity contribution in [3.63, 3.8) is 0 Å². The zero-order valence-corrected chi connectivity index (χ0v) is 13.8. The summed E-state index contributed by atoms with van der Waals surface area (Å²) < 4.78 is 4.93. The van der Waals surface area contributed by atoms with E-state index in [-0.39, 0.29) is 18.4 Å². The van der Waals surface area contributed by atoms with Gasteiger partial charge in [-0.1, -0.05) is 0 Å². The van der Waals surface area contributed by atoms with E-state index in [1.54, 1.807) is 19.1 Å². The molecule has 2 bridgehead atoms. The lowest BCUT2D eigenvalue weighted by Gasteiger charge is -2.29. The summed E-state index contributed by atoms with van der Waals surface area (Å²) in [6.07, 6.45) is 6.04. The molecule has 2 aliphatic rings. The normalized spacial score (nSPS) is 26.7. The molecule has 2 unspecified atom stereocenters. The summed E-state index contributed by atoms with van der Waals surface area (Å²) in [6.45, 7) is 1.36. The van der Waals surface area contributed by atoms with Gasteiger partial charge in [0.15, 0.2) is 0 Å². The smallest absolute Gasteiger partial charge is 0.239 e. The number of methoxy groups -OCH3 is 1. The van der Waals surface area contributed by atoms with Gasteiger partial charge in [-0.15, -0.1) is 0 Å². The summed E-state index contributed by atoms with van der Waals surface area (Å²) in [5.41, 5.74) is 0. The number of carbonyl (C=O) groups is 2. The van der Waals surface area contributed by atoms with Crippen LogP contribution in [-0.4, -0.2) is 62.7 Å². The van der Waals surface area contributed by atoms with Crippen molar-refractivity contribution in [2.24, 2.45) is 5.92 Å². The zero-order valence-electron chi connectivity index (χ0n) is 13.8. The first kappa shape index (κ1) is 17.2. The van der Waals surface area contributed by atoms with Gasteiger partial charge in [-0.05, 0) is 38.0 Å². The third-order valence-electron chi connectivity index (χ3n) is 4.69. The van der Waals surface area contributed by atoms with Crippen LogP contribution in [0.1, 0.15) is 38.5 Å². The monoisotopic (exact) mass is 311 g/mol. The number of hydrogen-bond acceptors (Lipinski definition) is 4. The highest BCUT2D eigenvalue weighted by Gasteiger charge is 2.34. The fraction of sp³-hybridized carbons (Fsp3) is 0.875. The molecular formula is C16H29N3O3. The fourth-order valence-corrected chi connectivity index (χ4v) is 3.55. The highest BCUT2D eigenvalue weighted by molar-refractivity contribution is 5.84. The SMILES string of the molecule is COCCCNC(=O)CN(C)C(=O)CC1CC2CCC(C1)N2. The molecule has 2 aliphatic heterocycles. The van der Waals surface area contributed by atoms with Gasteiger partial charge >= 0.3 is 0 Å². The highest BCUT2D eigenvalue weighted by atomic mass is 16.5. The molecule has 6 nitrogen and oxygen atoms in total. The van der Waals surface area contributed by atoms with Gasteiger partial charge in [0.25, 0.3) is 0 Å². The summed E-state index contributed by atoms with van der Waals surface area (Å²) in [5, 5.41) is 6.40. The van der Waals surface area contributed by atoms with E-state index >= 15 is 0 Å². The van der Waals surface area contributed by atoms with E-state index in [0.717, 1.165) is 19.3 Å².